The third kappa shape index (κ3) is 6.32. The number of rotatable bonds is 10. The summed E-state index contributed by atoms with van der Waals surface area (Å²) in [6, 6.07) is 0. The molecule has 3 atom stereocenters. The number of nitrogens with zero attached hydrogens (tertiary/aromatic N) is 4. The van der Waals surface area contributed by atoms with E-state index < -0.39 is 33.2 Å². The predicted molar refractivity (Wildman–Crippen MR) is 113 cm³/mol. The van der Waals surface area contributed by atoms with E-state index >= 15 is 0 Å². The minimum Gasteiger partial charge on any atom is -0.372 e. The number of thiol groups is 2. The van der Waals surface area contributed by atoms with Crippen LogP contribution in [-0.4, -0.2) is 64.5 Å². The van der Waals surface area contributed by atoms with Gasteiger partial charge in [-0.2, -0.15) is 0 Å². The predicted octanol–water partition coefficient (Wildman–Crippen LogP) is 2.95. The molecule has 0 aliphatic carbocycles. The van der Waals surface area contributed by atoms with Crippen LogP contribution in [0.4, 0.5) is 8.78 Å². The van der Waals surface area contributed by atoms with Gasteiger partial charge in [0.15, 0.2) is 11.8 Å². The van der Waals surface area contributed by atoms with Crippen molar-refractivity contribution in [3.63, 3.8) is 0 Å². The summed E-state index contributed by atoms with van der Waals surface area (Å²) in [6.45, 7) is -1.57. The number of imidazole rings is 1. The SMILES string of the molecule is CO/C=[PH](/S)OCCn1c(COP(S)OC2COCC2(F)F)nc2cncnc21. The summed E-state index contributed by atoms with van der Waals surface area (Å²) in [5.41, 5.74) is 1.18. The Hall–Kier alpha value is -0.360. The largest absolute Gasteiger partial charge is 0.372 e. The van der Waals surface area contributed by atoms with E-state index in [1.807, 2.05) is 0 Å². The molecule has 1 saturated heterocycles. The lowest BCUT2D eigenvalue weighted by molar-refractivity contribution is -0.0654. The third-order valence-electron chi connectivity index (χ3n) is 3.83. The van der Waals surface area contributed by atoms with Crippen LogP contribution in [0.2, 0.25) is 0 Å². The number of hydrogen-bond donors (Lipinski definition) is 2. The fraction of sp³-hybridized carbons (Fsp3) is 0.571. The Labute approximate surface area is 178 Å². The normalized spacial score (nSPS) is 21.1. The number of fused-ring (bicyclic) bond motifs is 1. The first-order valence-electron chi connectivity index (χ1n) is 8.35. The van der Waals surface area contributed by atoms with Crippen molar-refractivity contribution in [1.29, 1.82) is 0 Å². The molecule has 0 spiro atoms. The van der Waals surface area contributed by atoms with Gasteiger partial charge in [0.1, 0.15) is 30.9 Å². The van der Waals surface area contributed by atoms with Crippen molar-refractivity contribution in [2.24, 2.45) is 0 Å². The van der Waals surface area contributed by atoms with Crippen molar-refractivity contribution in [2.75, 3.05) is 26.9 Å². The molecule has 0 aromatic carbocycles. The fourth-order valence-corrected chi connectivity index (χ4v) is 4.92. The van der Waals surface area contributed by atoms with Crippen molar-refractivity contribution >= 4 is 56.2 Å². The van der Waals surface area contributed by atoms with Crippen molar-refractivity contribution in [2.45, 2.75) is 25.2 Å². The van der Waals surface area contributed by atoms with Crippen molar-refractivity contribution < 1.29 is 31.8 Å². The zero-order valence-electron chi connectivity index (χ0n) is 15.3. The number of halogens is 2. The molecule has 3 rings (SSSR count). The Kier molecular flexibility index (Phi) is 8.67. The van der Waals surface area contributed by atoms with Gasteiger partial charge in [0, 0.05) is 13.7 Å². The van der Waals surface area contributed by atoms with Crippen molar-refractivity contribution in [3.05, 3.63) is 18.3 Å². The van der Waals surface area contributed by atoms with Gasteiger partial charge in [-0.3, -0.25) is 0 Å². The van der Waals surface area contributed by atoms with Gasteiger partial charge in [-0.25, -0.2) is 23.7 Å². The van der Waals surface area contributed by atoms with E-state index in [9.17, 15) is 8.78 Å². The molecule has 1 aliphatic rings. The molecule has 0 radical (unpaired) electrons. The highest BCUT2D eigenvalue weighted by atomic mass is 32.7. The van der Waals surface area contributed by atoms with Gasteiger partial charge in [0.25, 0.3) is 5.92 Å². The van der Waals surface area contributed by atoms with Gasteiger partial charge in [-0.1, -0.05) is 12.2 Å². The number of alkyl halides is 2. The first-order valence-corrected chi connectivity index (χ1v) is 13.5. The van der Waals surface area contributed by atoms with E-state index in [4.69, 9.17) is 23.0 Å². The molecule has 15 heteroatoms. The zero-order valence-corrected chi connectivity index (χ0v) is 19.0. The molecule has 0 N–H and O–H groups in total. The second kappa shape index (κ2) is 10.8. The van der Waals surface area contributed by atoms with Gasteiger partial charge in [-0.15, -0.1) is 12.2 Å². The summed E-state index contributed by atoms with van der Waals surface area (Å²) in [4.78, 5) is 12.6. The van der Waals surface area contributed by atoms with Crippen LogP contribution in [0.3, 0.4) is 0 Å². The third-order valence-corrected chi connectivity index (χ3v) is 6.88. The number of hydrogen-bond acceptors (Lipinski definition) is 10. The summed E-state index contributed by atoms with van der Waals surface area (Å²) in [6.07, 6.45) is 1.61. The van der Waals surface area contributed by atoms with Crippen molar-refractivity contribution in [1.82, 2.24) is 19.5 Å². The maximum absolute atomic E-state index is 13.6. The lowest BCUT2D eigenvalue weighted by Crippen LogP contribution is -2.32. The summed E-state index contributed by atoms with van der Waals surface area (Å²) in [7, 11) is -0.325. The van der Waals surface area contributed by atoms with Crippen LogP contribution >= 0.6 is 39.0 Å². The molecule has 2 aromatic rings. The Morgan fingerprint density at radius 1 is 1.52 bits per heavy atom. The summed E-state index contributed by atoms with van der Waals surface area (Å²) >= 11 is 8.46. The smallest absolute Gasteiger partial charge is 0.299 e. The molecule has 0 amide bonds. The van der Waals surface area contributed by atoms with Crippen LogP contribution in [0.25, 0.3) is 11.2 Å². The molecule has 1 aliphatic heterocycles. The summed E-state index contributed by atoms with van der Waals surface area (Å²) in [5, 5.41) is 0. The van der Waals surface area contributed by atoms with Crippen LogP contribution < -0.4 is 0 Å². The Morgan fingerprint density at radius 2 is 2.34 bits per heavy atom. The molecule has 2 aromatic heterocycles. The van der Waals surface area contributed by atoms with Crippen LogP contribution in [0.5, 0.6) is 0 Å². The minimum absolute atomic E-state index is 0.00636. The van der Waals surface area contributed by atoms with Crippen LogP contribution in [0.15, 0.2) is 12.5 Å². The van der Waals surface area contributed by atoms with E-state index in [1.165, 1.54) is 13.4 Å². The number of methoxy groups -OCH3 is 1. The molecular weight excluding hydrogens is 468 g/mol. The van der Waals surface area contributed by atoms with E-state index in [2.05, 4.69) is 39.4 Å². The second-order valence-electron chi connectivity index (χ2n) is 5.83. The molecule has 0 saturated carbocycles. The van der Waals surface area contributed by atoms with Crippen LogP contribution in [-0.2, 0) is 36.2 Å². The summed E-state index contributed by atoms with van der Waals surface area (Å²) in [5.74, 6) is -0.995. The second-order valence-corrected chi connectivity index (χ2v) is 10.3. The quantitative estimate of drug-likeness (QED) is 0.390. The molecule has 9 nitrogen and oxygen atoms in total. The Balaban J connectivity index is 1.64. The topological polar surface area (TPSA) is 89.8 Å². The van der Waals surface area contributed by atoms with Gasteiger partial charge in [0.05, 0.1) is 32.4 Å². The van der Waals surface area contributed by atoms with E-state index in [1.54, 1.807) is 16.7 Å². The monoisotopic (exact) mass is 488 g/mol. The Morgan fingerprint density at radius 3 is 3.07 bits per heavy atom. The molecule has 0 bridgehead atoms. The van der Waals surface area contributed by atoms with Crippen molar-refractivity contribution in [3.8, 4) is 0 Å². The van der Waals surface area contributed by atoms with E-state index in [-0.39, 0.29) is 13.2 Å². The van der Waals surface area contributed by atoms with E-state index in [0.29, 0.717) is 30.1 Å². The first kappa shape index (κ1) is 23.3. The van der Waals surface area contributed by atoms with Crippen LogP contribution in [0, 0.1) is 0 Å². The average Bonchev–Trinajstić information content (AvgIpc) is 3.20. The molecule has 162 valence electrons. The molecule has 3 unspecified atom stereocenters. The lowest BCUT2D eigenvalue weighted by atomic mass is 10.2. The van der Waals surface area contributed by atoms with Gasteiger partial charge in [-0.05, 0) is 0 Å². The van der Waals surface area contributed by atoms with Crippen LogP contribution in [0.1, 0.15) is 5.82 Å². The van der Waals surface area contributed by atoms with Gasteiger partial charge >= 0.3 is 0 Å². The fourth-order valence-electron chi connectivity index (χ4n) is 2.52. The number of aromatic nitrogens is 4. The molecular formula is C14H20F2N4O5P2S2. The lowest BCUT2D eigenvalue weighted by Gasteiger charge is -2.20. The average molecular weight is 488 g/mol. The maximum atomic E-state index is 13.6. The Bertz CT molecular complexity index is 863. The highest BCUT2D eigenvalue weighted by Gasteiger charge is 2.47. The highest BCUT2D eigenvalue weighted by molar-refractivity contribution is 8.42. The zero-order chi connectivity index (χ0) is 20.9. The van der Waals surface area contributed by atoms with E-state index in [0.717, 1.165) is 0 Å². The molecule has 29 heavy (non-hydrogen) atoms. The summed E-state index contributed by atoms with van der Waals surface area (Å²) < 4.78 is 55.0. The molecule has 1 fully saturated rings. The maximum Gasteiger partial charge on any atom is 0.299 e. The number of ether oxygens (including phenoxy) is 2. The first-order chi connectivity index (χ1) is 13.9. The van der Waals surface area contributed by atoms with Gasteiger partial charge < -0.3 is 27.6 Å². The highest BCUT2D eigenvalue weighted by Crippen LogP contribution is 2.48. The van der Waals surface area contributed by atoms with Gasteiger partial charge in [0.2, 0.25) is 7.58 Å². The molecule has 3 heterocycles. The minimum atomic E-state index is -3.06. The standard InChI is InChI=1S/C14H20F2N4O5P2S2/c1-21-9-26(28)23-3-2-20-12(19-10-4-17-8-18-13(10)20)6-24-27(29)25-11-5-22-7-14(11,15)16/h4,8-9,11,26,28-29H,2-3,5-7H2,1H3.